The molecule has 1 aromatic carbocycles. The molecule has 0 heterocycles. The lowest BCUT2D eigenvalue weighted by Crippen LogP contribution is -2.38. The first kappa shape index (κ1) is 14.2. The van der Waals surface area contributed by atoms with E-state index in [4.69, 9.17) is 11.6 Å². The molecule has 0 aliphatic heterocycles. The molecule has 19 heavy (non-hydrogen) atoms. The SMILES string of the molecule is C[C@H](NC(=O)c1cc(Cl)ccc1O)C1CCCCC1. The van der Waals surface area contributed by atoms with Gasteiger partial charge < -0.3 is 10.4 Å². The van der Waals surface area contributed by atoms with Gasteiger partial charge in [-0.2, -0.15) is 0 Å². The van der Waals surface area contributed by atoms with Gasteiger partial charge in [0.15, 0.2) is 0 Å². The minimum atomic E-state index is -0.252. The van der Waals surface area contributed by atoms with E-state index < -0.39 is 0 Å². The third-order valence-electron chi connectivity index (χ3n) is 3.92. The molecule has 104 valence electrons. The molecule has 3 nitrogen and oxygen atoms in total. The van der Waals surface area contributed by atoms with Gasteiger partial charge in [0, 0.05) is 11.1 Å². The number of halogens is 1. The summed E-state index contributed by atoms with van der Waals surface area (Å²) >= 11 is 5.86. The van der Waals surface area contributed by atoms with Crippen LogP contribution in [0.5, 0.6) is 5.75 Å². The average molecular weight is 282 g/mol. The second kappa shape index (κ2) is 6.29. The van der Waals surface area contributed by atoms with Crippen LogP contribution in [0.3, 0.4) is 0 Å². The molecule has 1 fully saturated rings. The highest BCUT2D eigenvalue weighted by Gasteiger charge is 2.22. The molecule has 4 heteroatoms. The van der Waals surface area contributed by atoms with Gasteiger partial charge in [0.25, 0.3) is 5.91 Å². The quantitative estimate of drug-likeness (QED) is 0.887. The number of phenolic OH excluding ortho intramolecular Hbond substituents is 1. The maximum absolute atomic E-state index is 12.1. The summed E-state index contributed by atoms with van der Waals surface area (Å²) in [4.78, 5) is 12.1. The van der Waals surface area contributed by atoms with E-state index in [1.807, 2.05) is 6.92 Å². The molecular weight excluding hydrogens is 262 g/mol. The minimum Gasteiger partial charge on any atom is -0.507 e. The number of hydrogen-bond donors (Lipinski definition) is 2. The van der Waals surface area contributed by atoms with Crippen molar-refractivity contribution in [2.75, 3.05) is 0 Å². The summed E-state index contributed by atoms with van der Waals surface area (Å²) in [6.45, 7) is 2.04. The zero-order valence-corrected chi connectivity index (χ0v) is 11.9. The van der Waals surface area contributed by atoms with Gasteiger partial charge in [-0.15, -0.1) is 0 Å². The first-order valence-electron chi connectivity index (χ1n) is 6.87. The highest BCUT2D eigenvalue weighted by molar-refractivity contribution is 6.31. The highest BCUT2D eigenvalue weighted by atomic mass is 35.5. The van der Waals surface area contributed by atoms with Crippen LogP contribution in [0.15, 0.2) is 18.2 Å². The fourth-order valence-corrected chi connectivity index (χ4v) is 2.90. The van der Waals surface area contributed by atoms with E-state index in [0.29, 0.717) is 10.9 Å². The summed E-state index contributed by atoms with van der Waals surface area (Å²) in [6.07, 6.45) is 6.12. The van der Waals surface area contributed by atoms with E-state index in [1.54, 1.807) is 6.07 Å². The van der Waals surface area contributed by atoms with Gasteiger partial charge in [-0.1, -0.05) is 30.9 Å². The third-order valence-corrected chi connectivity index (χ3v) is 4.15. The summed E-state index contributed by atoms with van der Waals surface area (Å²) in [6, 6.07) is 4.65. The zero-order chi connectivity index (χ0) is 13.8. The Balaban J connectivity index is 2.01. The molecule has 0 spiro atoms. The van der Waals surface area contributed by atoms with Crippen LogP contribution in [0.1, 0.15) is 49.4 Å². The zero-order valence-electron chi connectivity index (χ0n) is 11.2. The number of nitrogens with one attached hydrogen (secondary N) is 1. The van der Waals surface area contributed by atoms with E-state index in [-0.39, 0.29) is 23.3 Å². The van der Waals surface area contributed by atoms with Gasteiger partial charge in [0.1, 0.15) is 5.75 Å². The Bertz CT molecular complexity index is 455. The van der Waals surface area contributed by atoms with Crippen LogP contribution in [-0.2, 0) is 0 Å². The highest BCUT2D eigenvalue weighted by Crippen LogP contribution is 2.27. The second-order valence-electron chi connectivity index (χ2n) is 5.32. The molecule has 0 bridgehead atoms. The lowest BCUT2D eigenvalue weighted by atomic mass is 9.84. The maximum atomic E-state index is 12.1. The number of carbonyl (C=O) groups excluding carboxylic acids is 1. The molecular formula is C15H20ClNO2. The molecule has 0 saturated heterocycles. The van der Waals surface area contributed by atoms with Gasteiger partial charge in [-0.3, -0.25) is 4.79 Å². The predicted octanol–water partition coefficient (Wildman–Crippen LogP) is 3.74. The van der Waals surface area contributed by atoms with Crippen molar-refractivity contribution in [3.63, 3.8) is 0 Å². The first-order valence-corrected chi connectivity index (χ1v) is 7.25. The molecule has 0 aromatic heterocycles. The van der Waals surface area contributed by atoms with Crippen LogP contribution in [0.2, 0.25) is 5.02 Å². The van der Waals surface area contributed by atoms with E-state index in [1.165, 1.54) is 44.2 Å². The molecule has 0 unspecified atom stereocenters. The van der Waals surface area contributed by atoms with E-state index >= 15 is 0 Å². The lowest BCUT2D eigenvalue weighted by Gasteiger charge is -2.28. The summed E-state index contributed by atoms with van der Waals surface area (Å²) in [5, 5.41) is 13.1. The number of amides is 1. The molecule has 1 amide bonds. The monoisotopic (exact) mass is 281 g/mol. The Morgan fingerprint density at radius 2 is 2.05 bits per heavy atom. The van der Waals surface area contributed by atoms with Crippen molar-refractivity contribution < 1.29 is 9.90 Å². The molecule has 2 rings (SSSR count). The first-order chi connectivity index (χ1) is 9.08. The Labute approximate surface area is 119 Å². The van der Waals surface area contributed by atoms with Gasteiger partial charge in [0.2, 0.25) is 0 Å². The second-order valence-corrected chi connectivity index (χ2v) is 5.76. The largest absolute Gasteiger partial charge is 0.507 e. The summed E-state index contributed by atoms with van der Waals surface area (Å²) < 4.78 is 0. The molecule has 1 aliphatic rings. The Morgan fingerprint density at radius 3 is 2.74 bits per heavy atom. The van der Waals surface area contributed by atoms with Crippen molar-refractivity contribution in [1.82, 2.24) is 5.32 Å². The minimum absolute atomic E-state index is 0.0299. The van der Waals surface area contributed by atoms with Gasteiger partial charge in [-0.25, -0.2) is 0 Å². The van der Waals surface area contributed by atoms with Crippen LogP contribution < -0.4 is 5.32 Å². The number of benzene rings is 1. The van der Waals surface area contributed by atoms with E-state index in [9.17, 15) is 9.90 Å². The van der Waals surface area contributed by atoms with Crippen molar-refractivity contribution in [3.8, 4) is 5.75 Å². The third kappa shape index (κ3) is 3.63. The molecule has 1 atom stereocenters. The number of carbonyl (C=O) groups is 1. The smallest absolute Gasteiger partial charge is 0.255 e. The van der Waals surface area contributed by atoms with Crippen molar-refractivity contribution in [2.45, 2.75) is 45.1 Å². The van der Waals surface area contributed by atoms with Gasteiger partial charge >= 0.3 is 0 Å². The predicted molar refractivity (Wildman–Crippen MR) is 76.6 cm³/mol. The van der Waals surface area contributed by atoms with E-state index in [2.05, 4.69) is 5.32 Å². The summed E-state index contributed by atoms with van der Waals surface area (Å²) in [5.41, 5.74) is 0.246. The van der Waals surface area contributed by atoms with Gasteiger partial charge in [-0.05, 0) is 43.9 Å². The number of rotatable bonds is 3. The average Bonchev–Trinajstić information content (AvgIpc) is 2.42. The normalized spacial score (nSPS) is 18.0. The molecule has 0 radical (unpaired) electrons. The topological polar surface area (TPSA) is 49.3 Å². The fourth-order valence-electron chi connectivity index (χ4n) is 2.73. The van der Waals surface area contributed by atoms with E-state index in [0.717, 1.165) is 0 Å². The van der Waals surface area contributed by atoms with Crippen LogP contribution in [0.25, 0.3) is 0 Å². The summed E-state index contributed by atoms with van der Waals surface area (Å²) in [5.74, 6) is 0.259. The fraction of sp³-hybridized carbons (Fsp3) is 0.533. The van der Waals surface area contributed by atoms with Crippen LogP contribution in [0.4, 0.5) is 0 Å². The Kier molecular flexibility index (Phi) is 4.70. The Hall–Kier alpha value is -1.22. The van der Waals surface area contributed by atoms with Crippen LogP contribution >= 0.6 is 11.6 Å². The van der Waals surface area contributed by atoms with Crippen LogP contribution in [0, 0.1) is 5.92 Å². The van der Waals surface area contributed by atoms with Crippen molar-refractivity contribution in [3.05, 3.63) is 28.8 Å². The maximum Gasteiger partial charge on any atom is 0.255 e. The van der Waals surface area contributed by atoms with Crippen molar-refractivity contribution in [2.24, 2.45) is 5.92 Å². The molecule has 1 aliphatic carbocycles. The summed E-state index contributed by atoms with van der Waals surface area (Å²) in [7, 11) is 0. The standard InChI is InChI=1S/C15H20ClNO2/c1-10(11-5-3-2-4-6-11)17-15(19)13-9-12(16)7-8-14(13)18/h7-11,18H,2-6H2,1H3,(H,17,19)/t10-/m0/s1. The molecule has 2 N–H and O–H groups in total. The Morgan fingerprint density at radius 1 is 1.37 bits per heavy atom. The lowest BCUT2D eigenvalue weighted by molar-refractivity contribution is 0.0916. The van der Waals surface area contributed by atoms with Gasteiger partial charge in [0.05, 0.1) is 5.56 Å². The molecule has 1 aromatic rings. The van der Waals surface area contributed by atoms with Crippen molar-refractivity contribution in [1.29, 1.82) is 0 Å². The van der Waals surface area contributed by atoms with Crippen molar-refractivity contribution >= 4 is 17.5 Å². The number of hydrogen-bond acceptors (Lipinski definition) is 2. The van der Waals surface area contributed by atoms with Crippen LogP contribution in [-0.4, -0.2) is 17.1 Å². The molecule has 1 saturated carbocycles. The number of phenols is 1. The number of aromatic hydroxyl groups is 1.